The Kier molecular flexibility index (Phi) is 4.15. The molecule has 1 aliphatic rings. The van der Waals surface area contributed by atoms with E-state index in [1.54, 1.807) is 0 Å². The molecule has 1 aliphatic carbocycles. The van der Waals surface area contributed by atoms with Crippen molar-refractivity contribution < 1.29 is 4.79 Å². The number of thioether (sulfide) groups is 1. The van der Waals surface area contributed by atoms with Crippen LogP contribution in [-0.4, -0.2) is 30.8 Å². The predicted octanol–water partition coefficient (Wildman–Crippen LogP) is 4.33. The van der Waals surface area contributed by atoms with Gasteiger partial charge in [-0.3, -0.25) is 4.79 Å². The summed E-state index contributed by atoms with van der Waals surface area (Å²) in [7, 11) is 0. The molecular formula is C19H22N4OS. The lowest BCUT2D eigenvalue weighted by atomic mass is 10.1. The van der Waals surface area contributed by atoms with E-state index in [9.17, 15) is 4.79 Å². The fourth-order valence-corrected chi connectivity index (χ4v) is 4.32. The Balaban J connectivity index is 1.61. The number of nitrogens with zero attached hydrogens (tertiary/aromatic N) is 3. The number of rotatable bonds is 6. The average Bonchev–Trinajstić information content (AvgIpc) is 3.28. The van der Waals surface area contributed by atoms with E-state index >= 15 is 0 Å². The van der Waals surface area contributed by atoms with E-state index < -0.39 is 0 Å². The number of aromatic amines is 1. The van der Waals surface area contributed by atoms with Crippen LogP contribution in [0.25, 0.3) is 10.9 Å². The van der Waals surface area contributed by atoms with Crippen LogP contribution in [0.15, 0.2) is 29.4 Å². The molecule has 1 N–H and O–H groups in total. The quantitative estimate of drug-likeness (QED) is 0.529. The van der Waals surface area contributed by atoms with Gasteiger partial charge in [0, 0.05) is 34.6 Å². The van der Waals surface area contributed by atoms with Crippen LogP contribution in [0.1, 0.15) is 54.5 Å². The lowest BCUT2D eigenvalue weighted by Gasteiger charge is -2.11. The molecular weight excluding hydrogens is 332 g/mol. The topological polar surface area (TPSA) is 63.6 Å². The van der Waals surface area contributed by atoms with Gasteiger partial charge in [-0.15, -0.1) is 10.2 Å². The average molecular weight is 354 g/mol. The zero-order valence-corrected chi connectivity index (χ0v) is 15.6. The molecule has 0 radical (unpaired) electrons. The van der Waals surface area contributed by atoms with Gasteiger partial charge in [-0.25, -0.2) is 0 Å². The molecule has 1 aromatic carbocycles. The number of nitrogens with one attached hydrogen (secondary N) is 1. The van der Waals surface area contributed by atoms with Crippen LogP contribution in [0.5, 0.6) is 0 Å². The van der Waals surface area contributed by atoms with Gasteiger partial charge >= 0.3 is 0 Å². The lowest BCUT2D eigenvalue weighted by Crippen LogP contribution is -2.15. The first-order chi connectivity index (χ1) is 12.1. The highest BCUT2D eigenvalue weighted by atomic mass is 32.2. The summed E-state index contributed by atoms with van der Waals surface area (Å²) in [6, 6.07) is 7.96. The minimum atomic E-state index is -0.209. The van der Waals surface area contributed by atoms with Gasteiger partial charge in [0.15, 0.2) is 10.9 Å². The summed E-state index contributed by atoms with van der Waals surface area (Å²) in [5.74, 6) is 1.77. The van der Waals surface area contributed by atoms with Gasteiger partial charge in [0.05, 0.1) is 5.25 Å². The molecule has 6 heteroatoms. The number of hydrogen-bond acceptors (Lipinski definition) is 4. The first-order valence-electron chi connectivity index (χ1n) is 8.81. The molecule has 25 heavy (non-hydrogen) atoms. The summed E-state index contributed by atoms with van der Waals surface area (Å²) in [6.07, 6.45) is 2.40. The van der Waals surface area contributed by atoms with Crippen molar-refractivity contribution in [2.75, 3.05) is 0 Å². The van der Waals surface area contributed by atoms with Crippen LogP contribution in [0.4, 0.5) is 0 Å². The molecule has 1 fully saturated rings. The van der Waals surface area contributed by atoms with E-state index in [2.05, 4.69) is 26.7 Å². The summed E-state index contributed by atoms with van der Waals surface area (Å²) in [5.41, 5.74) is 2.73. The second-order valence-corrected chi connectivity index (χ2v) is 7.96. The summed E-state index contributed by atoms with van der Waals surface area (Å²) in [6.45, 7) is 6.87. The van der Waals surface area contributed by atoms with Crippen LogP contribution in [-0.2, 0) is 6.54 Å². The number of H-pyrrole nitrogens is 1. The standard InChI is InChI=1S/C19H22N4OS/c1-4-23-18(13-9-10-13)21-22-19(23)25-12(3)17(24)16-11(2)20-15-8-6-5-7-14(15)16/h5-8,12-13,20H,4,9-10H2,1-3H3/t12-/m1/s1. The second-order valence-electron chi connectivity index (χ2n) is 6.65. The van der Waals surface area contributed by atoms with Crippen molar-refractivity contribution >= 4 is 28.4 Å². The fraction of sp³-hybridized carbons (Fsp3) is 0.421. The predicted molar refractivity (Wildman–Crippen MR) is 100 cm³/mol. The number of carbonyl (C=O) groups is 1. The summed E-state index contributed by atoms with van der Waals surface area (Å²) in [5, 5.41) is 10.4. The molecule has 3 aromatic rings. The van der Waals surface area contributed by atoms with Gasteiger partial charge in [0.25, 0.3) is 0 Å². The monoisotopic (exact) mass is 354 g/mol. The summed E-state index contributed by atoms with van der Waals surface area (Å²) < 4.78 is 2.16. The van der Waals surface area contributed by atoms with Crippen LogP contribution < -0.4 is 0 Å². The Bertz CT molecular complexity index is 938. The summed E-state index contributed by atoms with van der Waals surface area (Å²) >= 11 is 1.51. The number of para-hydroxylation sites is 1. The SMILES string of the molecule is CCn1c(S[C@H](C)C(=O)c2c(C)[nH]c3ccccc23)nnc1C1CC1. The van der Waals surface area contributed by atoms with E-state index in [0.29, 0.717) is 5.92 Å². The van der Waals surface area contributed by atoms with Crippen molar-refractivity contribution in [2.45, 2.75) is 56.5 Å². The molecule has 0 amide bonds. The molecule has 0 spiro atoms. The number of carbonyl (C=O) groups excluding carboxylic acids is 1. The molecule has 2 heterocycles. The third-order valence-corrected chi connectivity index (χ3v) is 5.88. The Labute approximate surface area is 151 Å². The first kappa shape index (κ1) is 16.4. The highest BCUT2D eigenvalue weighted by Gasteiger charge is 2.31. The van der Waals surface area contributed by atoms with Crippen LogP contribution in [0, 0.1) is 6.92 Å². The molecule has 2 aromatic heterocycles. The van der Waals surface area contributed by atoms with E-state index in [1.807, 2.05) is 38.1 Å². The maximum Gasteiger partial charge on any atom is 0.191 e. The van der Waals surface area contributed by atoms with E-state index in [4.69, 9.17) is 0 Å². The van der Waals surface area contributed by atoms with Crippen molar-refractivity contribution in [3.05, 3.63) is 41.3 Å². The Morgan fingerprint density at radius 3 is 2.84 bits per heavy atom. The van der Waals surface area contributed by atoms with Crippen molar-refractivity contribution in [1.29, 1.82) is 0 Å². The van der Waals surface area contributed by atoms with Crippen LogP contribution in [0.2, 0.25) is 0 Å². The van der Waals surface area contributed by atoms with Gasteiger partial charge in [-0.2, -0.15) is 0 Å². The molecule has 4 rings (SSSR count). The van der Waals surface area contributed by atoms with Gasteiger partial charge in [-0.1, -0.05) is 30.0 Å². The van der Waals surface area contributed by atoms with E-state index in [1.165, 1.54) is 24.6 Å². The smallest absolute Gasteiger partial charge is 0.191 e. The number of aryl methyl sites for hydroxylation is 1. The van der Waals surface area contributed by atoms with Crippen molar-refractivity contribution in [1.82, 2.24) is 19.7 Å². The number of hydrogen-bond donors (Lipinski definition) is 1. The van der Waals surface area contributed by atoms with Crippen LogP contribution >= 0.6 is 11.8 Å². The third-order valence-electron chi connectivity index (χ3n) is 4.80. The minimum absolute atomic E-state index is 0.138. The number of ketones is 1. The number of benzene rings is 1. The molecule has 0 saturated heterocycles. The van der Waals surface area contributed by atoms with Gasteiger partial charge < -0.3 is 9.55 Å². The third kappa shape index (κ3) is 2.88. The molecule has 5 nitrogen and oxygen atoms in total. The largest absolute Gasteiger partial charge is 0.358 e. The molecule has 130 valence electrons. The van der Waals surface area contributed by atoms with Gasteiger partial charge in [0.1, 0.15) is 5.82 Å². The van der Waals surface area contributed by atoms with Crippen molar-refractivity contribution in [3.63, 3.8) is 0 Å². The van der Waals surface area contributed by atoms with Gasteiger partial charge in [-0.05, 0) is 39.7 Å². The maximum atomic E-state index is 13.1. The first-order valence-corrected chi connectivity index (χ1v) is 9.69. The van der Waals surface area contributed by atoms with Crippen molar-refractivity contribution in [2.24, 2.45) is 0 Å². The zero-order valence-electron chi connectivity index (χ0n) is 14.7. The maximum absolute atomic E-state index is 13.1. The Morgan fingerprint density at radius 2 is 2.12 bits per heavy atom. The Hall–Kier alpha value is -2.08. The normalized spacial score (nSPS) is 15.6. The fourth-order valence-electron chi connectivity index (χ4n) is 3.34. The van der Waals surface area contributed by atoms with Crippen molar-refractivity contribution in [3.8, 4) is 0 Å². The highest BCUT2D eigenvalue weighted by molar-refractivity contribution is 8.00. The molecule has 1 atom stereocenters. The zero-order chi connectivity index (χ0) is 17.6. The summed E-state index contributed by atoms with van der Waals surface area (Å²) in [4.78, 5) is 16.4. The highest BCUT2D eigenvalue weighted by Crippen LogP contribution is 2.40. The van der Waals surface area contributed by atoms with E-state index in [0.717, 1.165) is 39.7 Å². The molecule has 1 saturated carbocycles. The Morgan fingerprint density at radius 1 is 1.36 bits per heavy atom. The number of Topliss-reactive ketones (excluding diaryl/α,β-unsaturated/α-hetero) is 1. The number of fused-ring (bicyclic) bond motifs is 1. The van der Waals surface area contributed by atoms with Crippen LogP contribution in [0.3, 0.4) is 0 Å². The molecule has 0 aliphatic heterocycles. The lowest BCUT2D eigenvalue weighted by molar-refractivity contribution is 0.0995. The number of aromatic nitrogens is 4. The van der Waals surface area contributed by atoms with Gasteiger partial charge in [0.2, 0.25) is 0 Å². The van der Waals surface area contributed by atoms with E-state index in [-0.39, 0.29) is 11.0 Å². The molecule has 0 bridgehead atoms. The second kappa shape index (κ2) is 6.33. The molecule has 0 unspecified atom stereocenters. The minimum Gasteiger partial charge on any atom is -0.358 e.